The van der Waals surface area contributed by atoms with Gasteiger partial charge in [-0.15, -0.1) is 0 Å². The van der Waals surface area contributed by atoms with Crippen LogP contribution in [0.25, 0.3) is 0 Å². The first-order valence-corrected chi connectivity index (χ1v) is 5.72. The van der Waals surface area contributed by atoms with Crippen LogP contribution in [-0.4, -0.2) is 24.7 Å². The quantitative estimate of drug-likeness (QED) is 0.837. The second kappa shape index (κ2) is 4.75. The van der Waals surface area contributed by atoms with Crippen LogP contribution >= 0.6 is 0 Å². The molecule has 4 heteroatoms. The van der Waals surface area contributed by atoms with Crippen molar-refractivity contribution in [2.24, 2.45) is 5.92 Å². The summed E-state index contributed by atoms with van der Waals surface area (Å²) in [5, 5.41) is 12.2. The Morgan fingerprint density at radius 1 is 1.53 bits per heavy atom. The summed E-state index contributed by atoms with van der Waals surface area (Å²) >= 11 is 0. The van der Waals surface area contributed by atoms with E-state index in [0.717, 1.165) is 16.9 Å². The summed E-state index contributed by atoms with van der Waals surface area (Å²) in [4.78, 5) is 10.9. The zero-order valence-electron chi connectivity index (χ0n) is 10.1. The Kier molecular flexibility index (Phi) is 3.33. The van der Waals surface area contributed by atoms with Crippen molar-refractivity contribution in [2.45, 2.75) is 19.4 Å². The van der Waals surface area contributed by atoms with E-state index < -0.39 is 5.97 Å². The molecule has 1 aromatic rings. The van der Waals surface area contributed by atoms with Crippen molar-refractivity contribution in [1.29, 1.82) is 0 Å². The molecule has 0 spiro atoms. The topological polar surface area (TPSA) is 58.6 Å². The predicted molar refractivity (Wildman–Crippen MR) is 64.2 cm³/mol. The third kappa shape index (κ3) is 2.42. The van der Waals surface area contributed by atoms with Crippen LogP contribution in [0.4, 0.5) is 0 Å². The van der Waals surface area contributed by atoms with Gasteiger partial charge in [0, 0.05) is 18.2 Å². The SMILES string of the molecule is COc1cc(C)ccc1C1CC(C(=O)O)CN1. The molecule has 1 aliphatic heterocycles. The maximum Gasteiger partial charge on any atom is 0.307 e. The van der Waals surface area contributed by atoms with Crippen LogP contribution in [0.1, 0.15) is 23.6 Å². The van der Waals surface area contributed by atoms with Gasteiger partial charge in [0.25, 0.3) is 0 Å². The monoisotopic (exact) mass is 235 g/mol. The number of carbonyl (C=O) groups is 1. The molecule has 1 fully saturated rings. The fourth-order valence-corrected chi connectivity index (χ4v) is 2.27. The van der Waals surface area contributed by atoms with Crippen LogP contribution in [0.3, 0.4) is 0 Å². The van der Waals surface area contributed by atoms with Crippen molar-refractivity contribution in [2.75, 3.05) is 13.7 Å². The highest BCUT2D eigenvalue weighted by Gasteiger charge is 2.31. The zero-order valence-corrected chi connectivity index (χ0v) is 10.1. The van der Waals surface area contributed by atoms with E-state index in [1.807, 2.05) is 25.1 Å². The molecule has 4 nitrogen and oxygen atoms in total. The zero-order chi connectivity index (χ0) is 12.4. The van der Waals surface area contributed by atoms with Crippen molar-refractivity contribution in [1.82, 2.24) is 5.32 Å². The summed E-state index contributed by atoms with van der Waals surface area (Å²) < 4.78 is 5.35. The van der Waals surface area contributed by atoms with Crippen LogP contribution in [0.15, 0.2) is 18.2 Å². The van der Waals surface area contributed by atoms with E-state index in [1.54, 1.807) is 7.11 Å². The van der Waals surface area contributed by atoms with Crippen LogP contribution in [0.5, 0.6) is 5.75 Å². The molecule has 17 heavy (non-hydrogen) atoms. The first-order valence-electron chi connectivity index (χ1n) is 5.72. The van der Waals surface area contributed by atoms with Gasteiger partial charge in [-0.1, -0.05) is 12.1 Å². The van der Waals surface area contributed by atoms with Gasteiger partial charge in [0.1, 0.15) is 5.75 Å². The highest BCUT2D eigenvalue weighted by Crippen LogP contribution is 2.33. The van der Waals surface area contributed by atoms with Crippen LogP contribution in [0.2, 0.25) is 0 Å². The number of methoxy groups -OCH3 is 1. The number of rotatable bonds is 3. The number of aliphatic carboxylic acids is 1. The molecule has 0 saturated carbocycles. The third-order valence-electron chi connectivity index (χ3n) is 3.24. The van der Waals surface area contributed by atoms with Crippen molar-refractivity contribution in [3.05, 3.63) is 29.3 Å². The fraction of sp³-hybridized carbons (Fsp3) is 0.462. The average molecular weight is 235 g/mol. The van der Waals surface area contributed by atoms with Crippen LogP contribution in [0, 0.1) is 12.8 Å². The van der Waals surface area contributed by atoms with E-state index in [2.05, 4.69) is 5.32 Å². The van der Waals surface area contributed by atoms with Crippen molar-refractivity contribution < 1.29 is 14.6 Å². The van der Waals surface area contributed by atoms with Crippen molar-refractivity contribution in [3.8, 4) is 5.75 Å². The Morgan fingerprint density at radius 2 is 2.29 bits per heavy atom. The molecule has 2 atom stereocenters. The molecule has 1 heterocycles. The standard InChI is InChI=1S/C13H17NO3/c1-8-3-4-10(12(5-8)17-2)11-6-9(7-14-11)13(15)16/h3-5,9,11,14H,6-7H2,1-2H3,(H,15,16). The smallest absolute Gasteiger partial charge is 0.307 e. The number of carboxylic acid groups (broad SMARTS) is 1. The third-order valence-corrected chi connectivity index (χ3v) is 3.24. The van der Waals surface area contributed by atoms with E-state index in [4.69, 9.17) is 9.84 Å². The summed E-state index contributed by atoms with van der Waals surface area (Å²) in [6.45, 7) is 2.53. The Bertz CT molecular complexity index is 431. The number of hydrogen-bond donors (Lipinski definition) is 2. The molecule has 1 saturated heterocycles. The van der Waals surface area contributed by atoms with E-state index in [0.29, 0.717) is 13.0 Å². The Balaban J connectivity index is 2.21. The lowest BCUT2D eigenvalue weighted by Gasteiger charge is -2.15. The molecular weight excluding hydrogens is 218 g/mol. The number of ether oxygens (including phenoxy) is 1. The normalized spacial score (nSPS) is 23.6. The molecule has 1 aliphatic rings. The predicted octanol–water partition coefficient (Wildman–Crippen LogP) is 1.74. The lowest BCUT2D eigenvalue weighted by molar-refractivity contribution is -0.141. The van der Waals surface area contributed by atoms with Gasteiger partial charge in [0.15, 0.2) is 0 Å². The molecule has 0 aliphatic carbocycles. The van der Waals surface area contributed by atoms with Crippen LogP contribution in [-0.2, 0) is 4.79 Å². The fourth-order valence-electron chi connectivity index (χ4n) is 2.27. The summed E-state index contributed by atoms with van der Waals surface area (Å²) in [5.74, 6) is -0.203. The van der Waals surface area contributed by atoms with E-state index in [9.17, 15) is 4.79 Å². The number of nitrogens with one attached hydrogen (secondary N) is 1. The maximum absolute atomic E-state index is 10.9. The molecule has 0 bridgehead atoms. The summed E-state index contributed by atoms with van der Waals surface area (Å²) in [6, 6.07) is 6.08. The number of benzene rings is 1. The maximum atomic E-state index is 10.9. The van der Waals surface area contributed by atoms with Crippen molar-refractivity contribution in [3.63, 3.8) is 0 Å². The summed E-state index contributed by atoms with van der Waals surface area (Å²) in [5.41, 5.74) is 2.18. The highest BCUT2D eigenvalue weighted by atomic mass is 16.5. The Morgan fingerprint density at radius 3 is 2.88 bits per heavy atom. The molecule has 2 rings (SSSR count). The molecular formula is C13H17NO3. The van der Waals surface area contributed by atoms with Gasteiger partial charge >= 0.3 is 5.97 Å². The Labute approximate surface area is 101 Å². The van der Waals surface area contributed by atoms with E-state index >= 15 is 0 Å². The van der Waals surface area contributed by atoms with E-state index in [1.165, 1.54) is 0 Å². The summed E-state index contributed by atoms with van der Waals surface area (Å²) in [6.07, 6.45) is 0.620. The minimum Gasteiger partial charge on any atom is -0.496 e. The second-order valence-corrected chi connectivity index (χ2v) is 4.48. The van der Waals surface area contributed by atoms with Gasteiger partial charge in [0.05, 0.1) is 13.0 Å². The highest BCUT2D eigenvalue weighted by molar-refractivity contribution is 5.71. The van der Waals surface area contributed by atoms with Crippen molar-refractivity contribution >= 4 is 5.97 Å². The molecule has 2 N–H and O–H groups in total. The van der Waals surface area contributed by atoms with Gasteiger partial charge < -0.3 is 15.2 Å². The van der Waals surface area contributed by atoms with Gasteiger partial charge in [-0.25, -0.2) is 0 Å². The average Bonchev–Trinajstić information content (AvgIpc) is 2.78. The number of carboxylic acids is 1. The lowest BCUT2D eigenvalue weighted by Crippen LogP contribution is -2.17. The molecule has 92 valence electrons. The second-order valence-electron chi connectivity index (χ2n) is 4.48. The minimum atomic E-state index is -0.730. The van der Waals surface area contributed by atoms with Gasteiger partial charge in [0.2, 0.25) is 0 Å². The lowest BCUT2D eigenvalue weighted by atomic mass is 9.98. The minimum absolute atomic E-state index is 0.0756. The molecule has 0 amide bonds. The molecule has 2 unspecified atom stereocenters. The Hall–Kier alpha value is -1.55. The van der Waals surface area contributed by atoms with Gasteiger partial charge in [-0.3, -0.25) is 4.79 Å². The number of aryl methyl sites for hydroxylation is 1. The summed E-state index contributed by atoms with van der Waals surface area (Å²) in [7, 11) is 1.64. The number of hydrogen-bond acceptors (Lipinski definition) is 3. The van der Waals surface area contributed by atoms with Crippen LogP contribution < -0.4 is 10.1 Å². The van der Waals surface area contributed by atoms with Gasteiger partial charge in [-0.2, -0.15) is 0 Å². The largest absolute Gasteiger partial charge is 0.496 e. The molecule has 0 aromatic heterocycles. The molecule has 1 aromatic carbocycles. The first kappa shape index (κ1) is 11.9. The van der Waals surface area contributed by atoms with Gasteiger partial charge in [-0.05, 0) is 25.0 Å². The van der Waals surface area contributed by atoms with E-state index in [-0.39, 0.29) is 12.0 Å². The molecule has 0 radical (unpaired) electrons. The first-order chi connectivity index (χ1) is 8.11.